The minimum absolute atomic E-state index is 0.330. The first-order valence-corrected chi connectivity index (χ1v) is 12.9. The molecule has 0 radical (unpaired) electrons. The first-order valence-electron chi connectivity index (χ1n) is 12.6. The number of halogens is 1. The number of nitrogens with one attached hydrogen (secondary N) is 2. The number of aryl methyl sites for hydroxylation is 2. The van der Waals surface area contributed by atoms with Crippen LogP contribution in [0.25, 0.3) is 22.0 Å². The van der Waals surface area contributed by atoms with Crippen molar-refractivity contribution in [2.75, 3.05) is 0 Å². The fraction of sp³-hybridized carbons (Fsp3) is 0.0938. The summed E-state index contributed by atoms with van der Waals surface area (Å²) in [6.45, 7) is 4.02. The maximum absolute atomic E-state index is 13.4. The number of benzene rings is 4. The van der Waals surface area contributed by atoms with Gasteiger partial charge in [0.25, 0.3) is 5.91 Å². The lowest BCUT2D eigenvalue weighted by molar-refractivity contribution is 0.0734. The smallest absolute Gasteiger partial charge is 0.343 e. The number of carbonyl (C=O) groups excluding carboxylic acids is 2. The number of carbonyl (C=O) groups is 2. The average molecular weight is 536 g/mol. The third kappa shape index (κ3) is 5.47. The van der Waals surface area contributed by atoms with Crippen LogP contribution in [-0.4, -0.2) is 23.1 Å². The number of ether oxygens (including phenoxy) is 1. The second-order valence-corrected chi connectivity index (χ2v) is 9.45. The summed E-state index contributed by atoms with van der Waals surface area (Å²) in [5.74, 6) is -0.571. The molecule has 1 amide bonds. The lowest BCUT2D eigenvalue weighted by Crippen LogP contribution is -2.19. The molecule has 0 unspecified atom stereocenters. The second-order valence-electron chi connectivity index (χ2n) is 9.04. The Morgan fingerprint density at radius 3 is 2.46 bits per heavy atom. The van der Waals surface area contributed by atoms with Crippen LogP contribution >= 0.6 is 11.6 Å². The summed E-state index contributed by atoms with van der Waals surface area (Å²) in [5, 5.41) is 5.62. The quantitative estimate of drug-likeness (QED) is 0.0989. The van der Waals surface area contributed by atoms with Gasteiger partial charge in [-0.1, -0.05) is 84.8 Å². The minimum Gasteiger partial charge on any atom is -0.422 e. The Balaban J connectivity index is 1.42. The molecule has 0 saturated heterocycles. The van der Waals surface area contributed by atoms with Crippen molar-refractivity contribution in [2.24, 2.45) is 5.10 Å². The Hall–Kier alpha value is -4.68. The van der Waals surface area contributed by atoms with Gasteiger partial charge in [0.2, 0.25) is 0 Å². The molecule has 0 aliphatic rings. The van der Waals surface area contributed by atoms with Crippen LogP contribution < -0.4 is 10.2 Å². The summed E-state index contributed by atoms with van der Waals surface area (Å²) in [6, 6.07) is 27.5. The summed E-state index contributed by atoms with van der Waals surface area (Å²) in [4.78, 5) is 29.3. The number of hydrogen-bond donors (Lipinski definition) is 2. The number of aromatic amines is 1. The molecule has 5 aromatic rings. The molecule has 1 aromatic heterocycles. The molecule has 4 aromatic carbocycles. The van der Waals surface area contributed by atoms with Gasteiger partial charge < -0.3 is 9.72 Å². The lowest BCUT2D eigenvalue weighted by Gasteiger charge is -2.08. The third-order valence-electron chi connectivity index (χ3n) is 6.45. The van der Waals surface area contributed by atoms with Gasteiger partial charge in [-0.3, -0.25) is 4.79 Å². The molecular weight excluding hydrogens is 510 g/mol. The molecule has 194 valence electrons. The van der Waals surface area contributed by atoms with Gasteiger partial charge in [-0.25, -0.2) is 10.2 Å². The van der Waals surface area contributed by atoms with E-state index in [1.165, 1.54) is 6.21 Å². The molecule has 0 fully saturated rings. The van der Waals surface area contributed by atoms with Crippen molar-refractivity contribution in [3.8, 4) is 16.9 Å². The first-order chi connectivity index (χ1) is 19.0. The summed E-state index contributed by atoms with van der Waals surface area (Å²) in [5.41, 5.74) is 8.44. The van der Waals surface area contributed by atoms with E-state index in [0.29, 0.717) is 33.2 Å². The molecular formula is C32H26ClN3O3. The first kappa shape index (κ1) is 25.9. The van der Waals surface area contributed by atoms with Crippen molar-refractivity contribution < 1.29 is 14.3 Å². The number of nitrogens with zero attached hydrogens (tertiary/aromatic N) is 1. The number of hydrazone groups is 1. The zero-order chi connectivity index (χ0) is 27.4. The normalized spacial score (nSPS) is 11.2. The van der Waals surface area contributed by atoms with E-state index < -0.39 is 11.9 Å². The summed E-state index contributed by atoms with van der Waals surface area (Å²) in [6.07, 6.45) is 2.25. The minimum atomic E-state index is -0.478. The average Bonchev–Trinajstić information content (AvgIpc) is 3.34. The molecule has 0 aliphatic carbocycles. The summed E-state index contributed by atoms with van der Waals surface area (Å²) >= 11 is 6.55. The standard InChI is InChI=1S/C32H26ClN3O3/c1-3-21-10-8-12-25-28(24-11-5-6-13-26(24)33)30(35-29(21)25)31(37)36-34-19-23-9-4-7-14-27(23)39-32(38)22-17-15-20(2)16-18-22/h4-19,35H,3H2,1-2H3,(H,36,37). The molecule has 0 aliphatic heterocycles. The topological polar surface area (TPSA) is 83.5 Å². The van der Waals surface area contributed by atoms with Crippen molar-refractivity contribution in [1.82, 2.24) is 10.4 Å². The Kier molecular flexibility index (Phi) is 7.57. The number of H-pyrrole nitrogens is 1. The molecule has 0 atom stereocenters. The van der Waals surface area contributed by atoms with Crippen LogP contribution in [0.2, 0.25) is 5.02 Å². The van der Waals surface area contributed by atoms with Crippen molar-refractivity contribution in [3.05, 3.63) is 124 Å². The molecule has 0 bridgehead atoms. The van der Waals surface area contributed by atoms with E-state index in [2.05, 4.69) is 22.4 Å². The Morgan fingerprint density at radius 2 is 1.69 bits per heavy atom. The van der Waals surface area contributed by atoms with Gasteiger partial charge in [-0.05, 0) is 49.2 Å². The predicted molar refractivity (Wildman–Crippen MR) is 156 cm³/mol. The Labute approximate surface area is 231 Å². The predicted octanol–water partition coefficient (Wildman–Crippen LogP) is 7.34. The SMILES string of the molecule is CCc1cccc2c(-c3ccccc3Cl)c(C(=O)NN=Cc3ccccc3OC(=O)c3ccc(C)cc3)[nH]c12. The van der Waals surface area contributed by atoms with E-state index >= 15 is 0 Å². The van der Waals surface area contributed by atoms with E-state index in [1.807, 2.05) is 55.5 Å². The number of fused-ring (bicyclic) bond motifs is 1. The third-order valence-corrected chi connectivity index (χ3v) is 6.78. The molecule has 6 nitrogen and oxygen atoms in total. The highest BCUT2D eigenvalue weighted by Crippen LogP contribution is 2.37. The van der Waals surface area contributed by atoms with Gasteiger partial charge in [-0.2, -0.15) is 5.10 Å². The van der Waals surface area contributed by atoms with Gasteiger partial charge in [0.05, 0.1) is 11.8 Å². The molecule has 7 heteroatoms. The lowest BCUT2D eigenvalue weighted by atomic mass is 9.99. The van der Waals surface area contributed by atoms with E-state index in [1.54, 1.807) is 42.5 Å². The van der Waals surface area contributed by atoms with Crippen LogP contribution in [0.3, 0.4) is 0 Å². The molecule has 2 N–H and O–H groups in total. The summed E-state index contributed by atoms with van der Waals surface area (Å²) in [7, 11) is 0. The Morgan fingerprint density at radius 1 is 0.949 bits per heavy atom. The summed E-state index contributed by atoms with van der Waals surface area (Å²) < 4.78 is 5.61. The van der Waals surface area contributed by atoms with Crippen molar-refractivity contribution >= 4 is 40.6 Å². The molecule has 0 saturated carbocycles. The number of rotatable bonds is 7. The van der Waals surface area contributed by atoms with Crippen LogP contribution in [0, 0.1) is 6.92 Å². The molecule has 1 heterocycles. The highest BCUT2D eigenvalue weighted by molar-refractivity contribution is 6.34. The van der Waals surface area contributed by atoms with Crippen LogP contribution in [0.1, 0.15) is 44.5 Å². The Bertz CT molecular complexity index is 1700. The van der Waals surface area contributed by atoms with E-state index in [4.69, 9.17) is 16.3 Å². The van der Waals surface area contributed by atoms with Crippen molar-refractivity contribution in [1.29, 1.82) is 0 Å². The largest absolute Gasteiger partial charge is 0.422 e. The maximum Gasteiger partial charge on any atom is 0.343 e. The number of esters is 1. The highest BCUT2D eigenvalue weighted by atomic mass is 35.5. The van der Waals surface area contributed by atoms with Crippen molar-refractivity contribution in [3.63, 3.8) is 0 Å². The van der Waals surface area contributed by atoms with Gasteiger partial charge in [-0.15, -0.1) is 0 Å². The van der Waals surface area contributed by atoms with Crippen LogP contribution in [0.15, 0.2) is 96.1 Å². The molecule has 39 heavy (non-hydrogen) atoms. The second kappa shape index (κ2) is 11.4. The maximum atomic E-state index is 13.4. The molecule has 5 rings (SSSR count). The number of amides is 1. The fourth-order valence-electron chi connectivity index (χ4n) is 4.43. The van der Waals surface area contributed by atoms with Gasteiger partial charge in [0, 0.05) is 32.6 Å². The van der Waals surface area contributed by atoms with E-state index in [9.17, 15) is 9.59 Å². The van der Waals surface area contributed by atoms with Crippen LogP contribution in [0.5, 0.6) is 5.75 Å². The molecule has 0 spiro atoms. The van der Waals surface area contributed by atoms with E-state index in [-0.39, 0.29) is 0 Å². The zero-order valence-corrected chi connectivity index (χ0v) is 22.3. The van der Waals surface area contributed by atoms with Crippen LogP contribution in [-0.2, 0) is 6.42 Å². The monoisotopic (exact) mass is 535 g/mol. The number of aromatic nitrogens is 1. The van der Waals surface area contributed by atoms with Gasteiger partial charge in [0.15, 0.2) is 0 Å². The van der Waals surface area contributed by atoms with Crippen LogP contribution in [0.4, 0.5) is 0 Å². The number of para-hydroxylation sites is 2. The number of hydrogen-bond acceptors (Lipinski definition) is 4. The van der Waals surface area contributed by atoms with E-state index in [0.717, 1.165) is 34.0 Å². The highest BCUT2D eigenvalue weighted by Gasteiger charge is 2.22. The van der Waals surface area contributed by atoms with Gasteiger partial charge in [0.1, 0.15) is 11.4 Å². The zero-order valence-electron chi connectivity index (χ0n) is 21.5. The van der Waals surface area contributed by atoms with Gasteiger partial charge >= 0.3 is 5.97 Å². The fourth-order valence-corrected chi connectivity index (χ4v) is 4.66. The van der Waals surface area contributed by atoms with Crippen molar-refractivity contribution in [2.45, 2.75) is 20.3 Å².